The lowest BCUT2D eigenvalue weighted by atomic mass is 9.98. The van der Waals surface area contributed by atoms with Crippen LogP contribution < -0.4 is 5.73 Å². The molecular weight excluding hydrogens is 222 g/mol. The quantitative estimate of drug-likeness (QED) is 0.832. The van der Waals surface area contributed by atoms with Gasteiger partial charge in [0.2, 0.25) is 0 Å². The van der Waals surface area contributed by atoms with Crippen LogP contribution in [0, 0.1) is 0 Å². The molecule has 2 heterocycles. The van der Waals surface area contributed by atoms with Crippen molar-refractivity contribution in [1.29, 1.82) is 0 Å². The van der Waals surface area contributed by atoms with E-state index in [0.29, 0.717) is 12.1 Å². The molecule has 0 bridgehead atoms. The molecule has 2 unspecified atom stereocenters. The van der Waals surface area contributed by atoms with E-state index in [1.165, 1.54) is 58.3 Å². The molecule has 2 N–H and O–H groups in total. The fourth-order valence-corrected chi connectivity index (χ4v) is 3.66. The van der Waals surface area contributed by atoms with E-state index >= 15 is 0 Å². The van der Waals surface area contributed by atoms with Crippen molar-refractivity contribution in [2.45, 2.75) is 70.5 Å². The number of hydrogen-bond acceptors (Lipinski definition) is 3. The average molecular weight is 253 g/mol. The molecule has 3 heteroatoms. The Morgan fingerprint density at radius 2 is 1.61 bits per heavy atom. The van der Waals surface area contributed by atoms with Gasteiger partial charge in [-0.1, -0.05) is 6.42 Å². The van der Waals surface area contributed by atoms with Crippen molar-refractivity contribution in [2.75, 3.05) is 26.2 Å². The highest BCUT2D eigenvalue weighted by Crippen LogP contribution is 2.22. The van der Waals surface area contributed by atoms with Crippen LogP contribution in [0.15, 0.2) is 0 Å². The van der Waals surface area contributed by atoms with Crippen LogP contribution in [0.25, 0.3) is 0 Å². The topological polar surface area (TPSA) is 32.5 Å². The van der Waals surface area contributed by atoms with Crippen molar-refractivity contribution in [3.8, 4) is 0 Å². The smallest absolute Gasteiger partial charge is 0.0120 e. The van der Waals surface area contributed by atoms with Gasteiger partial charge in [0.25, 0.3) is 0 Å². The predicted molar refractivity (Wildman–Crippen MR) is 77.7 cm³/mol. The zero-order chi connectivity index (χ0) is 13.0. The molecule has 0 amide bonds. The van der Waals surface area contributed by atoms with E-state index in [-0.39, 0.29) is 0 Å². The molecule has 0 aromatic rings. The van der Waals surface area contributed by atoms with Crippen LogP contribution in [0.3, 0.4) is 0 Å². The third-order valence-corrected chi connectivity index (χ3v) is 4.74. The Balaban J connectivity index is 1.73. The van der Waals surface area contributed by atoms with Crippen LogP contribution in [-0.4, -0.2) is 54.1 Å². The zero-order valence-electron chi connectivity index (χ0n) is 12.3. The molecule has 2 fully saturated rings. The van der Waals surface area contributed by atoms with Crippen molar-refractivity contribution in [2.24, 2.45) is 5.73 Å². The van der Waals surface area contributed by atoms with E-state index in [1.807, 2.05) is 0 Å². The standard InChI is InChI=1S/C15H31N3/c1-13(16)12-14(2)17-10-6-15(7-11-17)18-8-4-3-5-9-18/h13-15H,3-12,16H2,1-2H3. The Morgan fingerprint density at radius 1 is 1.00 bits per heavy atom. The van der Waals surface area contributed by atoms with E-state index in [1.54, 1.807) is 0 Å². The molecule has 2 aliphatic heterocycles. The largest absolute Gasteiger partial charge is 0.328 e. The number of likely N-dealkylation sites (tertiary alicyclic amines) is 2. The van der Waals surface area contributed by atoms with E-state index < -0.39 is 0 Å². The molecule has 0 radical (unpaired) electrons. The lowest BCUT2D eigenvalue weighted by Gasteiger charge is -2.42. The van der Waals surface area contributed by atoms with E-state index in [9.17, 15) is 0 Å². The molecule has 0 aromatic heterocycles. The lowest BCUT2D eigenvalue weighted by molar-refractivity contribution is 0.0728. The summed E-state index contributed by atoms with van der Waals surface area (Å²) in [6.07, 6.45) is 8.14. The second-order valence-corrected chi connectivity index (χ2v) is 6.43. The molecule has 2 atom stereocenters. The van der Waals surface area contributed by atoms with Crippen LogP contribution in [0.4, 0.5) is 0 Å². The van der Waals surface area contributed by atoms with Gasteiger partial charge in [0, 0.05) is 18.1 Å². The highest BCUT2D eigenvalue weighted by Gasteiger charge is 2.27. The Hall–Kier alpha value is -0.120. The molecule has 2 saturated heterocycles. The first-order chi connectivity index (χ1) is 8.66. The second-order valence-electron chi connectivity index (χ2n) is 6.43. The van der Waals surface area contributed by atoms with Crippen molar-refractivity contribution in [3.05, 3.63) is 0 Å². The Kier molecular flexibility index (Phi) is 5.46. The summed E-state index contributed by atoms with van der Waals surface area (Å²) in [6.45, 7) is 9.70. The molecule has 3 nitrogen and oxygen atoms in total. The molecule has 0 saturated carbocycles. The van der Waals surface area contributed by atoms with Crippen LogP contribution in [0.2, 0.25) is 0 Å². The fourth-order valence-electron chi connectivity index (χ4n) is 3.66. The van der Waals surface area contributed by atoms with Gasteiger partial charge in [-0.15, -0.1) is 0 Å². The van der Waals surface area contributed by atoms with Crippen LogP contribution in [-0.2, 0) is 0 Å². The van der Waals surface area contributed by atoms with Crippen molar-refractivity contribution in [3.63, 3.8) is 0 Å². The maximum absolute atomic E-state index is 5.91. The van der Waals surface area contributed by atoms with Gasteiger partial charge in [-0.05, 0) is 72.1 Å². The zero-order valence-corrected chi connectivity index (χ0v) is 12.3. The van der Waals surface area contributed by atoms with E-state index in [2.05, 4.69) is 23.6 Å². The summed E-state index contributed by atoms with van der Waals surface area (Å²) in [4.78, 5) is 5.39. The summed E-state index contributed by atoms with van der Waals surface area (Å²) in [5, 5.41) is 0. The van der Waals surface area contributed by atoms with Gasteiger partial charge in [-0.3, -0.25) is 0 Å². The van der Waals surface area contributed by atoms with E-state index in [4.69, 9.17) is 5.73 Å². The van der Waals surface area contributed by atoms with Gasteiger partial charge >= 0.3 is 0 Å². The lowest BCUT2D eigenvalue weighted by Crippen LogP contribution is -2.49. The third kappa shape index (κ3) is 3.94. The van der Waals surface area contributed by atoms with Crippen LogP contribution in [0.5, 0.6) is 0 Å². The summed E-state index contributed by atoms with van der Waals surface area (Å²) in [5.74, 6) is 0. The molecule has 18 heavy (non-hydrogen) atoms. The van der Waals surface area contributed by atoms with Gasteiger partial charge in [0.05, 0.1) is 0 Å². The first-order valence-electron chi connectivity index (χ1n) is 7.90. The average Bonchev–Trinajstić information content (AvgIpc) is 2.39. The number of nitrogens with two attached hydrogens (primary N) is 1. The summed E-state index contributed by atoms with van der Waals surface area (Å²) >= 11 is 0. The van der Waals surface area contributed by atoms with Crippen LogP contribution >= 0.6 is 0 Å². The summed E-state index contributed by atoms with van der Waals surface area (Å²) in [6, 6.07) is 1.86. The molecule has 2 aliphatic rings. The number of hydrogen-bond donors (Lipinski definition) is 1. The number of rotatable bonds is 4. The number of nitrogens with zero attached hydrogens (tertiary/aromatic N) is 2. The number of piperidine rings is 2. The van der Waals surface area contributed by atoms with Crippen molar-refractivity contribution < 1.29 is 0 Å². The van der Waals surface area contributed by atoms with Gasteiger partial charge < -0.3 is 15.5 Å². The molecular formula is C15H31N3. The van der Waals surface area contributed by atoms with Gasteiger partial charge in [-0.25, -0.2) is 0 Å². The van der Waals surface area contributed by atoms with Gasteiger partial charge in [-0.2, -0.15) is 0 Å². The molecule has 0 aromatic carbocycles. The predicted octanol–water partition coefficient (Wildman–Crippen LogP) is 2.06. The van der Waals surface area contributed by atoms with Crippen LogP contribution in [0.1, 0.15) is 52.4 Å². The molecule has 0 aliphatic carbocycles. The van der Waals surface area contributed by atoms with Crippen molar-refractivity contribution >= 4 is 0 Å². The Morgan fingerprint density at radius 3 is 2.17 bits per heavy atom. The first kappa shape index (κ1) is 14.3. The van der Waals surface area contributed by atoms with E-state index in [0.717, 1.165) is 12.5 Å². The molecule has 0 spiro atoms. The minimum absolute atomic E-state index is 0.333. The SMILES string of the molecule is CC(N)CC(C)N1CCC(N2CCCCC2)CC1. The maximum atomic E-state index is 5.91. The summed E-state index contributed by atoms with van der Waals surface area (Å²) in [5.41, 5.74) is 5.91. The fraction of sp³-hybridized carbons (Fsp3) is 1.00. The maximum Gasteiger partial charge on any atom is 0.0120 e. The monoisotopic (exact) mass is 253 g/mol. The highest BCUT2D eigenvalue weighted by atomic mass is 15.2. The minimum atomic E-state index is 0.333. The van der Waals surface area contributed by atoms with Crippen molar-refractivity contribution in [1.82, 2.24) is 9.80 Å². The Bertz CT molecular complexity index is 228. The highest BCUT2D eigenvalue weighted by molar-refractivity contribution is 4.84. The normalized spacial score (nSPS) is 28.2. The van der Waals surface area contributed by atoms with Gasteiger partial charge in [0.15, 0.2) is 0 Å². The van der Waals surface area contributed by atoms with Gasteiger partial charge in [0.1, 0.15) is 0 Å². The molecule has 106 valence electrons. The second kappa shape index (κ2) is 6.88. The molecule has 2 rings (SSSR count). The minimum Gasteiger partial charge on any atom is -0.328 e. The Labute approximate surface area is 113 Å². The third-order valence-electron chi connectivity index (χ3n) is 4.74. The summed E-state index contributed by atoms with van der Waals surface area (Å²) in [7, 11) is 0. The first-order valence-corrected chi connectivity index (χ1v) is 7.90. The summed E-state index contributed by atoms with van der Waals surface area (Å²) < 4.78 is 0.